The van der Waals surface area contributed by atoms with E-state index in [0.717, 1.165) is 60.8 Å². The largest absolute Gasteiger partial charge is 0.508 e. The molecule has 0 unspecified atom stereocenters. The monoisotopic (exact) mass is 309 g/mol. The number of benzene rings is 2. The van der Waals surface area contributed by atoms with Gasteiger partial charge in [-0.1, -0.05) is 48.8 Å². The minimum atomic E-state index is 0.311. The molecular formula is C20H23NO2. The molecule has 3 aromatic rings. The highest BCUT2D eigenvalue weighted by molar-refractivity contribution is 5.84. The molecule has 0 saturated heterocycles. The van der Waals surface area contributed by atoms with Crippen molar-refractivity contribution in [3.05, 3.63) is 59.3 Å². The number of aromatic nitrogens is 1. The lowest BCUT2D eigenvalue weighted by atomic mass is 10.0. The second-order valence-corrected chi connectivity index (χ2v) is 6.01. The van der Waals surface area contributed by atoms with Gasteiger partial charge in [-0.15, -0.1) is 0 Å². The molecule has 3 nitrogen and oxygen atoms in total. The number of phenolic OH excluding ortho intramolecular Hbond substituents is 1. The van der Waals surface area contributed by atoms with Gasteiger partial charge in [-0.05, 0) is 49.8 Å². The summed E-state index contributed by atoms with van der Waals surface area (Å²) in [7, 11) is 0. The molecule has 1 heterocycles. The fraction of sp³-hybridized carbons (Fsp3) is 0.350. The smallest absolute Gasteiger partial charge is 0.174 e. The van der Waals surface area contributed by atoms with Crippen molar-refractivity contribution in [1.82, 2.24) is 5.16 Å². The van der Waals surface area contributed by atoms with E-state index in [9.17, 15) is 5.11 Å². The van der Waals surface area contributed by atoms with Crippen LogP contribution < -0.4 is 0 Å². The van der Waals surface area contributed by atoms with E-state index in [0.29, 0.717) is 5.75 Å². The first-order valence-corrected chi connectivity index (χ1v) is 8.42. The number of hydrogen-bond donors (Lipinski definition) is 1. The molecule has 0 aliphatic heterocycles. The van der Waals surface area contributed by atoms with Crippen molar-refractivity contribution in [1.29, 1.82) is 0 Å². The third kappa shape index (κ3) is 3.55. The number of aryl methyl sites for hydroxylation is 3. The molecule has 120 valence electrons. The minimum Gasteiger partial charge on any atom is -0.508 e. The first-order valence-electron chi connectivity index (χ1n) is 8.42. The van der Waals surface area contributed by atoms with Crippen LogP contribution in [0.4, 0.5) is 0 Å². The average molecular weight is 309 g/mol. The Balaban J connectivity index is 1.65. The average Bonchev–Trinajstić information content (AvgIpc) is 2.98. The fourth-order valence-corrected chi connectivity index (χ4v) is 3.04. The number of rotatable bonds is 7. The predicted octanol–water partition coefficient (Wildman–Crippen LogP) is 5.05. The number of fused-ring (bicyclic) bond motifs is 1. The number of hydrogen-bond acceptors (Lipinski definition) is 3. The van der Waals surface area contributed by atoms with Gasteiger partial charge in [0, 0.05) is 10.9 Å². The van der Waals surface area contributed by atoms with Gasteiger partial charge in [-0.3, -0.25) is 0 Å². The number of phenols is 1. The van der Waals surface area contributed by atoms with E-state index in [1.807, 2.05) is 12.1 Å². The topological polar surface area (TPSA) is 46.3 Å². The normalized spacial score (nSPS) is 11.2. The van der Waals surface area contributed by atoms with Crippen molar-refractivity contribution in [2.45, 2.75) is 45.4 Å². The van der Waals surface area contributed by atoms with Crippen LogP contribution in [0.25, 0.3) is 11.0 Å². The summed E-state index contributed by atoms with van der Waals surface area (Å²) in [5, 5.41) is 15.3. The molecule has 0 atom stereocenters. The Kier molecular flexibility index (Phi) is 4.96. The summed E-state index contributed by atoms with van der Waals surface area (Å²) in [6, 6.07) is 14.3. The molecule has 3 heteroatoms. The van der Waals surface area contributed by atoms with E-state index in [4.69, 9.17) is 4.52 Å². The fourth-order valence-electron chi connectivity index (χ4n) is 3.04. The molecule has 1 aromatic heterocycles. The van der Waals surface area contributed by atoms with Crippen LogP contribution in [0, 0.1) is 0 Å². The Morgan fingerprint density at radius 2 is 1.74 bits per heavy atom. The van der Waals surface area contributed by atoms with E-state index >= 15 is 0 Å². The number of unbranched alkanes of at least 4 members (excludes halogenated alkanes) is 1. The summed E-state index contributed by atoms with van der Waals surface area (Å²) in [5.74, 6) is 0.311. The summed E-state index contributed by atoms with van der Waals surface area (Å²) >= 11 is 0. The second kappa shape index (κ2) is 7.32. The highest BCUT2D eigenvalue weighted by Crippen LogP contribution is 2.30. The SMILES string of the molecule is CCCc1c(O)ccc2c(CCCCc3ccccc3)noc12. The molecule has 0 radical (unpaired) electrons. The lowest BCUT2D eigenvalue weighted by molar-refractivity contribution is 0.434. The number of aromatic hydroxyl groups is 1. The summed E-state index contributed by atoms with van der Waals surface area (Å²) in [6.07, 6.45) is 6.01. The highest BCUT2D eigenvalue weighted by Gasteiger charge is 2.14. The third-order valence-electron chi connectivity index (χ3n) is 4.27. The molecular weight excluding hydrogens is 286 g/mol. The molecule has 2 aromatic carbocycles. The van der Waals surface area contributed by atoms with Crippen LogP contribution in [0.5, 0.6) is 5.75 Å². The quantitative estimate of drug-likeness (QED) is 0.621. The van der Waals surface area contributed by atoms with Crippen molar-refractivity contribution in [2.75, 3.05) is 0 Å². The molecule has 0 bridgehead atoms. The minimum absolute atomic E-state index is 0.311. The van der Waals surface area contributed by atoms with Gasteiger partial charge in [-0.2, -0.15) is 0 Å². The van der Waals surface area contributed by atoms with Gasteiger partial charge >= 0.3 is 0 Å². The van der Waals surface area contributed by atoms with Crippen LogP contribution in [0.2, 0.25) is 0 Å². The Labute approximate surface area is 136 Å². The van der Waals surface area contributed by atoms with Crippen molar-refractivity contribution < 1.29 is 9.63 Å². The van der Waals surface area contributed by atoms with Gasteiger partial charge in [0.1, 0.15) is 5.75 Å². The van der Waals surface area contributed by atoms with E-state index in [1.54, 1.807) is 6.07 Å². The Morgan fingerprint density at radius 1 is 0.957 bits per heavy atom. The van der Waals surface area contributed by atoms with E-state index in [2.05, 4.69) is 36.3 Å². The molecule has 23 heavy (non-hydrogen) atoms. The van der Waals surface area contributed by atoms with E-state index in [-0.39, 0.29) is 0 Å². The van der Waals surface area contributed by atoms with Crippen molar-refractivity contribution in [3.63, 3.8) is 0 Å². The summed E-state index contributed by atoms with van der Waals surface area (Å²) in [4.78, 5) is 0. The maximum absolute atomic E-state index is 10.0. The zero-order valence-electron chi connectivity index (χ0n) is 13.6. The van der Waals surface area contributed by atoms with E-state index in [1.165, 1.54) is 5.56 Å². The Bertz CT molecular complexity index is 762. The Morgan fingerprint density at radius 3 is 2.52 bits per heavy atom. The lowest BCUT2D eigenvalue weighted by Gasteiger charge is -2.03. The molecule has 1 N–H and O–H groups in total. The zero-order chi connectivity index (χ0) is 16.1. The van der Waals surface area contributed by atoms with Crippen molar-refractivity contribution >= 4 is 11.0 Å². The van der Waals surface area contributed by atoms with Crippen molar-refractivity contribution in [3.8, 4) is 5.75 Å². The van der Waals surface area contributed by atoms with Gasteiger partial charge in [0.15, 0.2) is 5.58 Å². The van der Waals surface area contributed by atoms with Gasteiger partial charge in [0.25, 0.3) is 0 Å². The van der Waals surface area contributed by atoms with Crippen LogP contribution in [-0.4, -0.2) is 10.3 Å². The molecule has 0 amide bonds. The molecule has 0 aliphatic carbocycles. The Hall–Kier alpha value is -2.29. The highest BCUT2D eigenvalue weighted by atomic mass is 16.5. The third-order valence-corrected chi connectivity index (χ3v) is 4.27. The van der Waals surface area contributed by atoms with Gasteiger partial charge in [-0.25, -0.2) is 0 Å². The molecule has 0 saturated carbocycles. The molecule has 0 fully saturated rings. The predicted molar refractivity (Wildman–Crippen MR) is 92.8 cm³/mol. The summed E-state index contributed by atoms with van der Waals surface area (Å²) < 4.78 is 5.52. The van der Waals surface area contributed by atoms with Crippen LogP contribution in [0.3, 0.4) is 0 Å². The van der Waals surface area contributed by atoms with E-state index < -0.39 is 0 Å². The van der Waals surface area contributed by atoms with Gasteiger partial charge in [0.05, 0.1) is 5.69 Å². The van der Waals surface area contributed by atoms with Crippen molar-refractivity contribution in [2.24, 2.45) is 0 Å². The summed E-state index contributed by atoms with van der Waals surface area (Å²) in [5.41, 5.74) is 4.02. The molecule has 0 spiro atoms. The number of nitrogens with zero attached hydrogens (tertiary/aromatic N) is 1. The van der Waals surface area contributed by atoms with Gasteiger partial charge in [0.2, 0.25) is 0 Å². The first-order chi connectivity index (χ1) is 11.3. The van der Waals surface area contributed by atoms with Crippen LogP contribution in [-0.2, 0) is 19.3 Å². The molecule has 0 aliphatic rings. The van der Waals surface area contributed by atoms with Crippen LogP contribution >= 0.6 is 0 Å². The maximum atomic E-state index is 10.0. The van der Waals surface area contributed by atoms with Gasteiger partial charge < -0.3 is 9.63 Å². The lowest BCUT2D eigenvalue weighted by Crippen LogP contribution is -1.90. The maximum Gasteiger partial charge on any atom is 0.174 e. The first kappa shape index (κ1) is 15.6. The second-order valence-electron chi connectivity index (χ2n) is 6.01. The summed E-state index contributed by atoms with van der Waals surface area (Å²) in [6.45, 7) is 2.10. The standard InChI is InChI=1S/C20H23NO2/c1-2-8-17-19(22)14-13-16-18(21-23-20(16)17)12-7-6-11-15-9-4-3-5-10-15/h3-5,9-10,13-14,22H,2,6-8,11-12H2,1H3. The van der Waals surface area contributed by atoms with Crippen LogP contribution in [0.15, 0.2) is 47.0 Å². The van der Waals surface area contributed by atoms with Crippen LogP contribution in [0.1, 0.15) is 43.0 Å². The zero-order valence-corrected chi connectivity index (χ0v) is 13.6. The molecule has 3 rings (SSSR count).